The zero-order chi connectivity index (χ0) is 12.3. The van der Waals surface area contributed by atoms with E-state index < -0.39 is 0 Å². The van der Waals surface area contributed by atoms with Crippen LogP contribution in [0.4, 0.5) is 0 Å². The van der Waals surface area contributed by atoms with E-state index in [-0.39, 0.29) is 17.6 Å². The van der Waals surface area contributed by atoms with Crippen molar-refractivity contribution in [2.75, 3.05) is 13.1 Å². The number of carbonyl (C=O) groups excluding carboxylic acids is 1. The highest BCUT2D eigenvalue weighted by Gasteiger charge is 2.26. The topological polar surface area (TPSA) is 80.0 Å². The van der Waals surface area contributed by atoms with Gasteiger partial charge in [0.2, 0.25) is 5.89 Å². The molecular weight excluding hydrogens is 220 g/mol. The molecule has 1 amide bonds. The van der Waals surface area contributed by atoms with Gasteiger partial charge in [-0.15, -0.1) is 0 Å². The lowest BCUT2D eigenvalue weighted by atomic mass is 10.2. The SMILES string of the molecule is CCNCC(C)c1nc(C(=O)NC2CC2)no1. The summed E-state index contributed by atoms with van der Waals surface area (Å²) in [6.45, 7) is 5.68. The fourth-order valence-corrected chi connectivity index (χ4v) is 1.45. The van der Waals surface area contributed by atoms with Crippen LogP contribution in [0.5, 0.6) is 0 Å². The van der Waals surface area contributed by atoms with Gasteiger partial charge in [-0.05, 0) is 19.4 Å². The second-order valence-corrected chi connectivity index (χ2v) is 4.41. The van der Waals surface area contributed by atoms with Crippen LogP contribution >= 0.6 is 0 Å². The smallest absolute Gasteiger partial charge is 0.292 e. The molecule has 0 saturated heterocycles. The van der Waals surface area contributed by atoms with Crippen molar-refractivity contribution in [3.63, 3.8) is 0 Å². The third-order valence-electron chi connectivity index (χ3n) is 2.68. The van der Waals surface area contributed by atoms with E-state index in [0.29, 0.717) is 11.9 Å². The standard InChI is InChI=1S/C11H18N4O2/c1-3-12-6-7(2)11-14-9(15-17-11)10(16)13-8-4-5-8/h7-8,12H,3-6H2,1-2H3,(H,13,16). The summed E-state index contributed by atoms with van der Waals surface area (Å²) in [7, 11) is 0. The Morgan fingerprint density at radius 3 is 3.00 bits per heavy atom. The average molecular weight is 238 g/mol. The monoisotopic (exact) mass is 238 g/mol. The molecule has 0 spiro atoms. The number of carbonyl (C=O) groups is 1. The molecule has 6 nitrogen and oxygen atoms in total. The van der Waals surface area contributed by atoms with Gasteiger partial charge in [-0.1, -0.05) is 19.0 Å². The molecule has 0 radical (unpaired) electrons. The Kier molecular flexibility index (Phi) is 3.73. The van der Waals surface area contributed by atoms with Gasteiger partial charge in [-0.25, -0.2) is 0 Å². The first-order chi connectivity index (χ1) is 8.20. The second kappa shape index (κ2) is 5.27. The molecule has 2 N–H and O–H groups in total. The molecule has 1 saturated carbocycles. The molecule has 1 atom stereocenters. The molecule has 2 rings (SSSR count). The molecule has 1 unspecified atom stereocenters. The van der Waals surface area contributed by atoms with Crippen molar-refractivity contribution in [2.24, 2.45) is 0 Å². The molecule has 1 aliphatic carbocycles. The summed E-state index contributed by atoms with van der Waals surface area (Å²) >= 11 is 0. The van der Waals surface area contributed by atoms with Crippen LogP contribution in [-0.4, -0.2) is 35.2 Å². The van der Waals surface area contributed by atoms with E-state index in [1.807, 2.05) is 13.8 Å². The van der Waals surface area contributed by atoms with Crippen LogP contribution in [0.3, 0.4) is 0 Å². The van der Waals surface area contributed by atoms with Crippen LogP contribution in [-0.2, 0) is 0 Å². The number of nitrogens with zero attached hydrogens (tertiary/aromatic N) is 2. The second-order valence-electron chi connectivity index (χ2n) is 4.41. The van der Waals surface area contributed by atoms with Crippen molar-refractivity contribution < 1.29 is 9.32 Å². The van der Waals surface area contributed by atoms with Crippen LogP contribution in [0.2, 0.25) is 0 Å². The highest BCUT2D eigenvalue weighted by molar-refractivity contribution is 5.90. The maximum Gasteiger partial charge on any atom is 0.292 e. The van der Waals surface area contributed by atoms with Gasteiger partial charge in [0.05, 0.1) is 0 Å². The van der Waals surface area contributed by atoms with Gasteiger partial charge in [-0.2, -0.15) is 4.98 Å². The number of nitrogens with one attached hydrogen (secondary N) is 2. The number of hydrogen-bond donors (Lipinski definition) is 2. The summed E-state index contributed by atoms with van der Waals surface area (Å²) in [6.07, 6.45) is 2.10. The van der Waals surface area contributed by atoms with Gasteiger partial charge < -0.3 is 15.2 Å². The third kappa shape index (κ3) is 3.26. The van der Waals surface area contributed by atoms with Crippen molar-refractivity contribution in [2.45, 2.75) is 38.6 Å². The first-order valence-corrected chi connectivity index (χ1v) is 6.06. The van der Waals surface area contributed by atoms with Gasteiger partial charge in [0.1, 0.15) is 0 Å². The minimum absolute atomic E-state index is 0.116. The van der Waals surface area contributed by atoms with Gasteiger partial charge in [0, 0.05) is 18.5 Å². The molecule has 1 aromatic heterocycles. The Labute approximate surface area is 100 Å². The molecule has 1 aromatic rings. The van der Waals surface area contributed by atoms with Crippen LogP contribution < -0.4 is 10.6 Å². The summed E-state index contributed by atoms with van der Waals surface area (Å²) < 4.78 is 5.08. The lowest BCUT2D eigenvalue weighted by Crippen LogP contribution is -2.26. The van der Waals surface area contributed by atoms with E-state index in [9.17, 15) is 4.79 Å². The fourth-order valence-electron chi connectivity index (χ4n) is 1.45. The number of likely N-dealkylation sites (N-methyl/N-ethyl adjacent to an activating group) is 1. The number of rotatable bonds is 6. The van der Waals surface area contributed by atoms with Gasteiger partial charge in [0.15, 0.2) is 0 Å². The summed E-state index contributed by atoms with van der Waals surface area (Å²) in [6, 6.07) is 0.309. The Morgan fingerprint density at radius 2 is 2.35 bits per heavy atom. The number of hydrogen-bond acceptors (Lipinski definition) is 5. The molecule has 1 aliphatic rings. The summed E-state index contributed by atoms with van der Waals surface area (Å²) in [5.74, 6) is 0.519. The van der Waals surface area contributed by atoms with Crippen molar-refractivity contribution in [1.82, 2.24) is 20.8 Å². The molecule has 6 heteroatoms. The van der Waals surface area contributed by atoms with E-state index in [0.717, 1.165) is 25.9 Å². The van der Waals surface area contributed by atoms with Crippen molar-refractivity contribution in [3.8, 4) is 0 Å². The van der Waals surface area contributed by atoms with Gasteiger partial charge >= 0.3 is 0 Å². The zero-order valence-corrected chi connectivity index (χ0v) is 10.2. The first-order valence-electron chi connectivity index (χ1n) is 6.06. The molecule has 94 valence electrons. The van der Waals surface area contributed by atoms with E-state index >= 15 is 0 Å². The Bertz CT molecular complexity index is 387. The summed E-state index contributed by atoms with van der Waals surface area (Å²) in [5.41, 5.74) is 0. The summed E-state index contributed by atoms with van der Waals surface area (Å²) in [5, 5.41) is 9.73. The Morgan fingerprint density at radius 1 is 1.59 bits per heavy atom. The quantitative estimate of drug-likeness (QED) is 0.761. The number of amides is 1. The first kappa shape index (κ1) is 12.0. The maximum absolute atomic E-state index is 11.6. The lowest BCUT2D eigenvalue weighted by molar-refractivity contribution is 0.0937. The predicted octanol–water partition coefficient (Wildman–Crippen LogP) is 0.675. The average Bonchev–Trinajstić information content (AvgIpc) is 2.99. The molecule has 17 heavy (non-hydrogen) atoms. The van der Waals surface area contributed by atoms with Crippen LogP contribution in [0.25, 0.3) is 0 Å². The predicted molar refractivity (Wildman–Crippen MR) is 61.7 cm³/mol. The molecule has 1 fully saturated rings. The van der Waals surface area contributed by atoms with E-state index in [1.54, 1.807) is 0 Å². The third-order valence-corrected chi connectivity index (χ3v) is 2.68. The normalized spacial score (nSPS) is 16.8. The van der Waals surface area contributed by atoms with Crippen LogP contribution in [0.15, 0.2) is 4.52 Å². The molecular formula is C11H18N4O2. The fraction of sp³-hybridized carbons (Fsp3) is 0.727. The highest BCUT2D eigenvalue weighted by Crippen LogP contribution is 2.19. The minimum atomic E-state index is -0.238. The Hall–Kier alpha value is -1.43. The highest BCUT2D eigenvalue weighted by atomic mass is 16.5. The van der Waals surface area contributed by atoms with Crippen molar-refractivity contribution >= 4 is 5.91 Å². The molecule has 0 aromatic carbocycles. The van der Waals surface area contributed by atoms with Crippen molar-refractivity contribution in [3.05, 3.63) is 11.7 Å². The van der Waals surface area contributed by atoms with Crippen molar-refractivity contribution in [1.29, 1.82) is 0 Å². The largest absolute Gasteiger partial charge is 0.346 e. The molecule has 1 heterocycles. The van der Waals surface area contributed by atoms with Gasteiger partial charge in [-0.3, -0.25) is 4.79 Å². The molecule has 0 bridgehead atoms. The van der Waals surface area contributed by atoms with Crippen LogP contribution in [0.1, 0.15) is 49.1 Å². The Balaban J connectivity index is 1.91. The maximum atomic E-state index is 11.6. The van der Waals surface area contributed by atoms with E-state index in [2.05, 4.69) is 20.8 Å². The molecule has 0 aliphatic heterocycles. The van der Waals surface area contributed by atoms with Crippen LogP contribution in [0, 0.1) is 0 Å². The number of aromatic nitrogens is 2. The van der Waals surface area contributed by atoms with E-state index in [4.69, 9.17) is 4.52 Å². The minimum Gasteiger partial charge on any atom is -0.346 e. The van der Waals surface area contributed by atoms with Gasteiger partial charge in [0.25, 0.3) is 11.7 Å². The van der Waals surface area contributed by atoms with E-state index in [1.165, 1.54) is 0 Å². The lowest BCUT2D eigenvalue weighted by Gasteiger charge is -2.05. The zero-order valence-electron chi connectivity index (χ0n) is 10.2. The summed E-state index contributed by atoms with van der Waals surface area (Å²) in [4.78, 5) is 15.7.